The Morgan fingerprint density at radius 3 is 2.48 bits per heavy atom. The molecule has 4 rings (SSSR count). The number of benzene rings is 2. The molecule has 4 aromatic rings. The molecule has 0 unspecified atom stereocenters. The Morgan fingerprint density at radius 1 is 1.03 bits per heavy atom. The number of hydrogen-bond acceptors (Lipinski definition) is 4. The van der Waals surface area contributed by atoms with Crippen LogP contribution in [0.5, 0.6) is 5.75 Å². The Bertz CT molecular complexity index is 1170. The van der Waals surface area contributed by atoms with Crippen LogP contribution >= 0.6 is 11.6 Å². The number of alkyl halides is 3. The van der Waals surface area contributed by atoms with Gasteiger partial charge in [0.2, 0.25) is 0 Å². The lowest BCUT2D eigenvalue weighted by atomic mass is 10.1. The summed E-state index contributed by atoms with van der Waals surface area (Å²) in [5, 5.41) is 3.20. The predicted octanol–water partition coefficient (Wildman–Crippen LogP) is 6.05. The maximum absolute atomic E-state index is 13.1. The summed E-state index contributed by atoms with van der Waals surface area (Å²) in [6.07, 6.45) is -3.22. The largest absolute Gasteiger partial charge is 0.497 e. The van der Waals surface area contributed by atoms with Gasteiger partial charge in [0.05, 0.1) is 23.1 Å². The zero-order valence-electron chi connectivity index (χ0n) is 15.0. The molecule has 0 aliphatic heterocycles. The number of nitrogens with one attached hydrogen (secondary N) is 2. The molecule has 0 amide bonds. The lowest BCUT2D eigenvalue weighted by Gasteiger charge is -2.12. The molecule has 0 aliphatic rings. The first kappa shape index (κ1) is 19.1. The highest BCUT2D eigenvalue weighted by molar-refractivity contribution is 6.31. The number of ether oxygens (including phenoxy) is 1. The number of rotatable bonds is 4. The van der Waals surface area contributed by atoms with Crippen LogP contribution in [0.1, 0.15) is 5.56 Å². The molecule has 5 nitrogen and oxygen atoms in total. The SMILES string of the molecule is COc1ccc(-c2cc3c(Nc4ccc(Cl)c(C(F)(F)F)c4)ncnc3[nH]2)cc1. The van der Waals surface area contributed by atoms with E-state index in [4.69, 9.17) is 16.3 Å². The van der Waals surface area contributed by atoms with Gasteiger partial charge in [0.1, 0.15) is 23.5 Å². The van der Waals surface area contributed by atoms with E-state index in [2.05, 4.69) is 20.3 Å². The van der Waals surface area contributed by atoms with Gasteiger partial charge in [-0.2, -0.15) is 13.2 Å². The monoisotopic (exact) mass is 418 g/mol. The van der Waals surface area contributed by atoms with Crippen molar-refractivity contribution in [1.29, 1.82) is 0 Å². The zero-order chi connectivity index (χ0) is 20.6. The number of methoxy groups -OCH3 is 1. The normalized spacial score (nSPS) is 11.6. The molecule has 2 aromatic carbocycles. The van der Waals surface area contributed by atoms with Crippen molar-refractivity contribution in [1.82, 2.24) is 15.0 Å². The molecule has 0 fully saturated rings. The standard InChI is InChI=1S/C20H14ClF3N4O/c1-29-13-5-2-11(3-6-13)17-9-14-18(25-10-26-19(14)28-17)27-12-4-7-16(21)15(8-12)20(22,23)24/h2-10H,1H3,(H2,25,26,27,28). The summed E-state index contributed by atoms with van der Waals surface area (Å²) in [7, 11) is 1.59. The number of anilines is 2. The maximum Gasteiger partial charge on any atom is 0.417 e. The van der Waals surface area contributed by atoms with Crippen LogP contribution in [0.15, 0.2) is 54.9 Å². The van der Waals surface area contributed by atoms with Gasteiger partial charge in [-0.25, -0.2) is 9.97 Å². The summed E-state index contributed by atoms with van der Waals surface area (Å²) < 4.78 is 44.5. The van der Waals surface area contributed by atoms with Gasteiger partial charge in [-0.1, -0.05) is 11.6 Å². The molecule has 0 radical (unpaired) electrons. The minimum atomic E-state index is -4.55. The van der Waals surface area contributed by atoms with Crippen LogP contribution < -0.4 is 10.1 Å². The van der Waals surface area contributed by atoms with E-state index in [9.17, 15) is 13.2 Å². The molecule has 0 atom stereocenters. The fourth-order valence-corrected chi connectivity index (χ4v) is 3.15. The van der Waals surface area contributed by atoms with Crippen LogP contribution in [-0.2, 0) is 6.18 Å². The molecule has 9 heteroatoms. The quantitative estimate of drug-likeness (QED) is 0.423. The Morgan fingerprint density at radius 2 is 1.79 bits per heavy atom. The molecule has 148 valence electrons. The van der Waals surface area contributed by atoms with Crippen LogP contribution in [0, 0.1) is 0 Å². The number of fused-ring (bicyclic) bond motifs is 1. The third kappa shape index (κ3) is 3.84. The van der Waals surface area contributed by atoms with Gasteiger partial charge >= 0.3 is 6.18 Å². The van der Waals surface area contributed by atoms with Crippen LogP contribution in [0.3, 0.4) is 0 Å². The smallest absolute Gasteiger partial charge is 0.417 e. The van der Waals surface area contributed by atoms with E-state index in [1.807, 2.05) is 30.3 Å². The predicted molar refractivity (Wildman–Crippen MR) is 106 cm³/mol. The van der Waals surface area contributed by atoms with E-state index in [-0.39, 0.29) is 10.7 Å². The molecule has 0 saturated heterocycles. The summed E-state index contributed by atoms with van der Waals surface area (Å²) in [5.41, 5.74) is 1.55. The summed E-state index contributed by atoms with van der Waals surface area (Å²) in [6.45, 7) is 0. The van der Waals surface area contributed by atoms with E-state index < -0.39 is 11.7 Å². The van der Waals surface area contributed by atoms with Crippen molar-refractivity contribution < 1.29 is 17.9 Å². The second-order valence-corrected chi connectivity index (χ2v) is 6.62. The van der Waals surface area contributed by atoms with Crippen LogP contribution in [0.2, 0.25) is 5.02 Å². The van der Waals surface area contributed by atoms with Crippen molar-refractivity contribution in [3.63, 3.8) is 0 Å². The minimum absolute atomic E-state index is 0.217. The molecule has 0 bridgehead atoms. The van der Waals surface area contributed by atoms with Crippen molar-refractivity contribution in [3.8, 4) is 17.0 Å². The van der Waals surface area contributed by atoms with Gasteiger partial charge < -0.3 is 15.0 Å². The van der Waals surface area contributed by atoms with Gasteiger partial charge in [0.15, 0.2) is 0 Å². The fraction of sp³-hybridized carbons (Fsp3) is 0.100. The third-order valence-corrected chi connectivity index (χ3v) is 4.69. The molecular weight excluding hydrogens is 405 g/mol. The van der Waals surface area contributed by atoms with Crippen molar-refractivity contribution in [2.24, 2.45) is 0 Å². The second kappa shape index (κ2) is 7.29. The van der Waals surface area contributed by atoms with Gasteiger partial charge in [-0.05, 0) is 54.1 Å². The fourth-order valence-electron chi connectivity index (χ4n) is 2.92. The highest BCUT2D eigenvalue weighted by Crippen LogP contribution is 2.37. The molecular formula is C20H14ClF3N4O. The van der Waals surface area contributed by atoms with Gasteiger partial charge in [0, 0.05) is 11.4 Å². The highest BCUT2D eigenvalue weighted by Gasteiger charge is 2.33. The topological polar surface area (TPSA) is 62.8 Å². The Labute approximate surface area is 168 Å². The Hall–Kier alpha value is -3.26. The number of H-pyrrole nitrogens is 1. The average molecular weight is 419 g/mol. The van der Waals surface area contributed by atoms with Crippen LogP contribution in [0.25, 0.3) is 22.3 Å². The summed E-state index contributed by atoms with van der Waals surface area (Å²) in [5.74, 6) is 1.11. The van der Waals surface area contributed by atoms with E-state index in [0.717, 1.165) is 23.1 Å². The summed E-state index contributed by atoms with van der Waals surface area (Å²) in [4.78, 5) is 11.6. The average Bonchev–Trinajstić information content (AvgIpc) is 3.14. The van der Waals surface area contributed by atoms with Crippen molar-refractivity contribution >= 4 is 34.1 Å². The van der Waals surface area contributed by atoms with E-state index >= 15 is 0 Å². The molecule has 2 heterocycles. The Balaban J connectivity index is 1.71. The van der Waals surface area contributed by atoms with Gasteiger partial charge in [0.25, 0.3) is 0 Å². The van der Waals surface area contributed by atoms with Gasteiger partial charge in [-0.15, -0.1) is 0 Å². The van der Waals surface area contributed by atoms with E-state index in [1.165, 1.54) is 18.5 Å². The lowest BCUT2D eigenvalue weighted by molar-refractivity contribution is -0.137. The molecule has 29 heavy (non-hydrogen) atoms. The maximum atomic E-state index is 13.1. The molecule has 0 aliphatic carbocycles. The third-order valence-electron chi connectivity index (χ3n) is 4.36. The van der Waals surface area contributed by atoms with Crippen LogP contribution in [-0.4, -0.2) is 22.1 Å². The van der Waals surface area contributed by atoms with E-state index in [0.29, 0.717) is 16.9 Å². The number of halogens is 4. The second-order valence-electron chi connectivity index (χ2n) is 6.21. The number of hydrogen-bond donors (Lipinski definition) is 2. The molecule has 2 aromatic heterocycles. The number of aromatic nitrogens is 3. The number of nitrogens with zero attached hydrogens (tertiary/aromatic N) is 2. The first-order chi connectivity index (χ1) is 13.8. The summed E-state index contributed by atoms with van der Waals surface area (Å²) >= 11 is 5.68. The van der Waals surface area contributed by atoms with E-state index in [1.54, 1.807) is 7.11 Å². The number of aromatic amines is 1. The van der Waals surface area contributed by atoms with Crippen molar-refractivity contribution in [3.05, 3.63) is 65.4 Å². The highest BCUT2D eigenvalue weighted by atomic mass is 35.5. The Kier molecular flexibility index (Phi) is 4.79. The summed E-state index contributed by atoms with van der Waals surface area (Å²) in [6, 6.07) is 12.9. The minimum Gasteiger partial charge on any atom is -0.497 e. The van der Waals surface area contributed by atoms with Gasteiger partial charge in [-0.3, -0.25) is 0 Å². The zero-order valence-corrected chi connectivity index (χ0v) is 15.8. The molecule has 2 N–H and O–H groups in total. The van der Waals surface area contributed by atoms with Crippen molar-refractivity contribution in [2.45, 2.75) is 6.18 Å². The molecule has 0 spiro atoms. The first-order valence-electron chi connectivity index (χ1n) is 8.47. The van der Waals surface area contributed by atoms with Crippen molar-refractivity contribution in [2.75, 3.05) is 12.4 Å². The lowest BCUT2D eigenvalue weighted by Crippen LogP contribution is -2.06. The molecule has 0 saturated carbocycles. The van der Waals surface area contributed by atoms with Crippen LogP contribution in [0.4, 0.5) is 24.7 Å². The first-order valence-corrected chi connectivity index (χ1v) is 8.85.